The zero-order chi connectivity index (χ0) is 52.0. The van der Waals surface area contributed by atoms with Crippen LogP contribution in [0.15, 0.2) is 139 Å². The maximum Gasteiger partial charge on any atom is 0.410 e. The van der Waals surface area contributed by atoms with E-state index in [0.29, 0.717) is 43.9 Å². The largest absolute Gasteiger partial charge is 0.444 e. The number of likely N-dealkylation sites (tertiary alicyclic amines) is 2. The van der Waals surface area contributed by atoms with Crippen LogP contribution in [0.4, 0.5) is 9.59 Å². The molecule has 2 amide bonds. The Bertz CT molecular complexity index is 2590. The van der Waals surface area contributed by atoms with E-state index in [4.69, 9.17) is 14.3 Å². The Balaban J connectivity index is 0. The summed E-state index contributed by atoms with van der Waals surface area (Å²) >= 11 is 0. The molecule has 1 aromatic heterocycles. The van der Waals surface area contributed by atoms with Gasteiger partial charge in [0.15, 0.2) is 0 Å². The molecule has 4 heterocycles. The molecule has 0 saturated carbocycles. The van der Waals surface area contributed by atoms with Gasteiger partial charge in [0.05, 0.1) is 41.3 Å². The van der Waals surface area contributed by atoms with Crippen molar-refractivity contribution in [2.45, 2.75) is 125 Å². The molecule has 22 heteroatoms. The lowest BCUT2D eigenvalue weighted by Crippen LogP contribution is -2.42. The summed E-state index contributed by atoms with van der Waals surface area (Å²) in [4.78, 5) is 44.0. The summed E-state index contributed by atoms with van der Waals surface area (Å²) in [5, 5.41) is 3.29. The number of piperidine rings is 3. The Morgan fingerprint density at radius 2 is 0.946 bits per heavy atom. The third-order valence-electron chi connectivity index (χ3n) is 10.5. The van der Waals surface area contributed by atoms with E-state index in [-0.39, 0.29) is 79.0 Å². The zero-order valence-corrected chi connectivity index (χ0v) is 50.4. The summed E-state index contributed by atoms with van der Waals surface area (Å²) in [5.74, 6) is 0.227. The van der Waals surface area contributed by atoms with Gasteiger partial charge in [-0.25, -0.2) is 35.7 Å². The predicted molar refractivity (Wildman–Crippen MR) is 319 cm³/mol. The number of ether oxygens (including phenoxy) is 2. The van der Waals surface area contributed by atoms with Crippen LogP contribution in [0.3, 0.4) is 0 Å². The fourth-order valence-corrected chi connectivity index (χ4v) is 10.6. The third kappa shape index (κ3) is 29.3. The number of Topliss-reactive ketones (excluding diaryl/α,β-unsaturated/α-hetero) is 1. The second-order valence-corrected chi connectivity index (χ2v) is 26.0. The number of aromatic nitrogens is 1. The van der Waals surface area contributed by atoms with Crippen LogP contribution in [0.2, 0.25) is 0 Å². The normalized spacial score (nSPS) is 17.0. The van der Waals surface area contributed by atoms with Crippen LogP contribution in [-0.4, -0.2) is 135 Å². The van der Waals surface area contributed by atoms with E-state index in [1.165, 1.54) is 6.26 Å². The number of nitrogens with one attached hydrogen (secondary N) is 2. The molecule has 0 aliphatic carbocycles. The minimum absolute atomic E-state index is 0. The molecule has 3 atom stereocenters. The number of hydrogen-bond acceptors (Lipinski definition) is 13. The van der Waals surface area contributed by atoms with E-state index in [1.54, 1.807) is 52.8 Å². The van der Waals surface area contributed by atoms with Crippen LogP contribution in [0, 0.1) is 11.7 Å². The second kappa shape index (κ2) is 34.6. The average molecular weight is 1140 g/mol. The Kier molecular flexibility index (Phi) is 33.7. The average Bonchev–Trinajstić information content (AvgIpc) is 3.30. The number of amides is 2. The monoisotopic (exact) mass is 1140 g/mol. The van der Waals surface area contributed by atoms with E-state index in [9.17, 15) is 27.0 Å². The number of hydrogen-bond donors (Lipinski definition) is 2. The van der Waals surface area contributed by atoms with Crippen molar-refractivity contribution in [1.82, 2.24) is 20.1 Å². The SMILES string of the molecule is CC(C)(C)OC(=O)N1CCC(=O)CC1.CC(C)(C)OC(=O)N1CCC(N=[S@@](C)(=O)c2ccccc2)CC1.C[S@@](=O)(=NC1CCNCC1)c1ccccc1.C[S@](=N)(=O)c1ccccc1.Cc1ccccn1.S.S.S.[B]. The van der Waals surface area contributed by atoms with E-state index in [1.807, 2.05) is 133 Å². The summed E-state index contributed by atoms with van der Waals surface area (Å²) in [6.45, 7) is 17.2. The quantitative estimate of drug-likeness (QED) is 0.181. The van der Waals surface area contributed by atoms with E-state index < -0.39 is 40.4 Å². The van der Waals surface area contributed by atoms with Crippen molar-refractivity contribution < 1.29 is 36.5 Å². The molecule has 3 saturated heterocycles. The maximum absolute atomic E-state index is 12.8. The van der Waals surface area contributed by atoms with Crippen molar-refractivity contribution in [3.63, 3.8) is 0 Å². The van der Waals surface area contributed by atoms with Gasteiger partial charge in [-0.15, -0.1) is 0 Å². The van der Waals surface area contributed by atoms with E-state index >= 15 is 0 Å². The first-order chi connectivity index (χ1) is 32.7. The summed E-state index contributed by atoms with van der Waals surface area (Å²) in [6.07, 6.45) is 10.4. The lowest BCUT2D eigenvalue weighted by molar-refractivity contribution is -0.121. The Morgan fingerprint density at radius 1 is 0.595 bits per heavy atom. The van der Waals surface area contributed by atoms with Gasteiger partial charge in [-0.1, -0.05) is 60.7 Å². The van der Waals surface area contributed by atoms with Gasteiger partial charge in [0.1, 0.15) is 17.0 Å². The fourth-order valence-electron chi connectivity index (χ4n) is 6.82. The first-order valence-electron chi connectivity index (χ1n) is 23.6. The minimum atomic E-state index is -2.50. The highest BCUT2D eigenvalue weighted by Gasteiger charge is 2.28. The molecule has 3 aliphatic rings. The molecule has 413 valence electrons. The fraction of sp³-hybridized carbons (Fsp3) is 0.500. The predicted octanol–water partition coefficient (Wildman–Crippen LogP) is 10.1. The van der Waals surface area contributed by atoms with Crippen LogP contribution in [0.5, 0.6) is 0 Å². The maximum atomic E-state index is 12.8. The highest BCUT2D eigenvalue weighted by Crippen LogP contribution is 2.21. The molecule has 4 aromatic rings. The van der Waals surface area contributed by atoms with Gasteiger partial charge in [-0.2, -0.15) is 40.5 Å². The van der Waals surface area contributed by atoms with Gasteiger partial charge >= 0.3 is 12.2 Å². The number of carbonyl (C=O) groups excluding carboxylic acids is 3. The van der Waals surface area contributed by atoms with Crippen molar-refractivity contribution in [1.29, 1.82) is 4.78 Å². The summed E-state index contributed by atoms with van der Waals surface area (Å²) < 4.78 is 63.2. The molecule has 3 aromatic carbocycles. The van der Waals surface area contributed by atoms with Crippen LogP contribution in [-0.2, 0) is 43.5 Å². The molecule has 15 nitrogen and oxygen atoms in total. The lowest BCUT2D eigenvalue weighted by atomic mass is 10.1. The van der Waals surface area contributed by atoms with Crippen molar-refractivity contribution in [2.24, 2.45) is 8.73 Å². The van der Waals surface area contributed by atoms with Gasteiger partial charge in [0, 0.05) is 92.8 Å². The zero-order valence-electron chi connectivity index (χ0n) is 44.9. The Morgan fingerprint density at radius 3 is 1.26 bits per heavy atom. The lowest BCUT2D eigenvalue weighted by Gasteiger charge is -2.32. The van der Waals surface area contributed by atoms with Crippen molar-refractivity contribution >= 4 is 96.1 Å². The molecule has 0 bridgehead atoms. The van der Waals surface area contributed by atoms with E-state index in [2.05, 4.69) is 19.0 Å². The molecule has 3 fully saturated rings. The van der Waals surface area contributed by atoms with Gasteiger partial charge in [-0.05, 0) is 136 Å². The topological polar surface area (TPSA) is 201 Å². The van der Waals surface area contributed by atoms with Crippen molar-refractivity contribution in [3.05, 3.63) is 121 Å². The van der Waals surface area contributed by atoms with Crippen molar-refractivity contribution in [2.75, 3.05) is 58.0 Å². The number of rotatable bonds is 5. The molecule has 0 spiro atoms. The number of pyridine rings is 1. The number of ketones is 1. The Hall–Kier alpha value is -4.06. The van der Waals surface area contributed by atoms with E-state index in [0.717, 1.165) is 54.3 Å². The standard InChI is InChI=1S/C17H26N2O3S.C12H18N2OS.C10H17NO3.C7H9NOS.C6H7N.B.3H2S/c1-17(2,3)22-16(20)19-12-10-14(11-13-19)18-23(4,21)15-8-6-5-7-9-15;1-16(15,12-5-3-2-4-6-12)14-11-7-9-13-10-8-11;1-10(2,3)14-9(13)11-6-4-8(12)5-7-11;1-10(8,9)7-5-3-2-4-6-7;1-6-4-2-3-5-7-6;;;;/h5-9,14H,10-13H2,1-4H3;2-6,11,13H,7-10H2,1H3;4-7H2,1-3H3;2-6,8H,1H3;2-5H,1H3;;3*1H2/t23-;16-;;10-;;;;;/m00.0...../s1. The van der Waals surface area contributed by atoms with Crippen molar-refractivity contribution in [3.8, 4) is 0 Å². The molecule has 2 N–H and O–H groups in total. The second-order valence-electron chi connectivity index (χ2n) is 19.3. The first kappa shape index (κ1) is 72.0. The van der Waals surface area contributed by atoms with Gasteiger partial charge in [-0.3, -0.25) is 9.78 Å². The van der Waals surface area contributed by atoms with Crippen LogP contribution in [0.25, 0.3) is 0 Å². The number of carbonyl (C=O) groups is 3. The molecular formula is C52H83BN7O8S6. The van der Waals surface area contributed by atoms with Crippen LogP contribution in [0.1, 0.15) is 85.8 Å². The molecule has 74 heavy (non-hydrogen) atoms. The summed E-state index contributed by atoms with van der Waals surface area (Å²) in [7, 11) is -7.10. The number of aryl methyl sites for hydroxylation is 1. The highest BCUT2D eigenvalue weighted by atomic mass is 32.2. The molecular weight excluding hydrogens is 1050 g/mol. The third-order valence-corrected chi connectivity index (χ3v) is 15.3. The van der Waals surface area contributed by atoms with Crippen LogP contribution >= 0.6 is 40.5 Å². The Labute approximate surface area is 467 Å². The summed E-state index contributed by atoms with van der Waals surface area (Å²) in [5.41, 5.74) is 0.129. The van der Waals surface area contributed by atoms with Crippen LogP contribution < -0.4 is 5.32 Å². The van der Waals surface area contributed by atoms with Gasteiger partial charge in [0.25, 0.3) is 0 Å². The highest BCUT2D eigenvalue weighted by molar-refractivity contribution is 7.93. The molecule has 0 unspecified atom stereocenters. The first-order valence-corrected chi connectivity index (χ1v) is 29.4. The van der Waals surface area contributed by atoms with Gasteiger partial charge in [0.2, 0.25) is 0 Å². The number of benzene rings is 3. The molecule has 3 radical (unpaired) electrons. The molecule has 3 aliphatic heterocycles. The summed E-state index contributed by atoms with van der Waals surface area (Å²) in [6, 6.07) is 33.8. The molecule has 7 rings (SSSR count). The smallest absolute Gasteiger partial charge is 0.410 e. The minimum Gasteiger partial charge on any atom is -0.444 e. The van der Waals surface area contributed by atoms with Gasteiger partial charge < -0.3 is 24.6 Å². The number of nitrogens with zero attached hydrogens (tertiary/aromatic N) is 5.